The van der Waals surface area contributed by atoms with Crippen molar-refractivity contribution >= 4 is 51.0 Å². The number of esters is 2. The van der Waals surface area contributed by atoms with Gasteiger partial charge >= 0.3 is 11.9 Å². The zero-order valence-corrected chi connectivity index (χ0v) is 26.9. The van der Waals surface area contributed by atoms with E-state index in [1.54, 1.807) is 44.4 Å². The summed E-state index contributed by atoms with van der Waals surface area (Å²) in [5.41, 5.74) is 2.35. The second kappa shape index (κ2) is 13.4. The van der Waals surface area contributed by atoms with Crippen LogP contribution in [0.2, 0.25) is 0 Å². The van der Waals surface area contributed by atoms with Gasteiger partial charge in [0.15, 0.2) is 16.3 Å². The predicted octanol–water partition coefficient (Wildman–Crippen LogP) is 5.03. The molecule has 1 atom stereocenters. The van der Waals surface area contributed by atoms with Gasteiger partial charge in [0.1, 0.15) is 5.75 Å². The lowest BCUT2D eigenvalue weighted by molar-refractivity contribution is -0.139. The maximum absolute atomic E-state index is 14.2. The van der Waals surface area contributed by atoms with Gasteiger partial charge in [-0.2, -0.15) is 0 Å². The number of hydrogen-bond acceptors (Lipinski definition) is 9. The smallest absolute Gasteiger partial charge is 0.338 e. The fourth-order valence-corrected chi connectivity index (χ4v) is 6.44. The normalized spacial score (nSPS) is 14.5. The average molecular weight is 678 g/mol. The van der Waals surface area contributed by atoms with Crippen molar-refractivity contribution in [3.8, 4) is 17.2 Å². The van der Waals surface area contributed by atoms with Gasteiger partial charge in [0, 0.05) is 12.5 Å². The second-order valence-electron chi connectivity index (χ2n) is 9.56. The van der Waals surface area contributed by atoms with Crippen LogP contribution in [0.25, 0.3) is 11.8 Å². The molecule has 0 saturated heterocycles. The summed E-state index contributed by atoms with van der Waals surface area (Å²) in [6.45, 7) is 5.35. The van der Waals surface area contributed by atoms with Gasteiger partial charge in [-0.15, -0.1) is 0 Å². The summed E-state index contributed by atoms with van der Waals surface area (Å²) in [5, 5.41) is 0. The molecule has 0 radical (unpaired) electrons. The lowest BCUT2D eigenvalue weighted by Gasteiger charge is -2.26. The van der Waals surface area contributed by atoms with E-state index in [1.165, 1.54) is 22.8 Å². The third-order valence-corrected chi connectivity index (χ3v) is 8.23. The van der Waals surface area contributed by atoms with Crippen LogP contribution in [-0.4, -0.2) is 36.8 Å². The summed E-state index contributed by atoms with van der Waals surface area (Å²) in [7, 11) is 1.56. The lowest BCUT2D eigenvalue weighted by atomic mass is 9.93. The lowest BCUT2D eigenvalue weighted by Crippen LogP contribution is -2.40. The molecule has 0 aliphatic carbocycles. The quantitative estimate of drug-likeness (QED) is 0.181. The Morgan fingerprint density at radius 1 is 1.05 bits per heavy atom. The molecule has 0 unspecified atom stereocenters. The first-order chi connectivity index (χ1) is 21.2. The van der Waals surface area contributed by atoms with Gasteiger partial charge in [-0.05, 0) is 71.2 Å². The topological polar surface area (TPSA) is 105 Å². The summed E-state index contributed by atoms with van der Waals surface area (Å²) in [6.07, 6.45) is 1.72. The molecule has 226 valence electrons. The molecule has 1 aromatic heterocycles. The van der Waals surface area contributed by atoms with Gasteiger partial charge in [0.05, 0.1) is 46.6 Å². The molecule has 1 aliphatic rings. The number of thiazole rings is 1. The van der Waals surface area contributed by atoms with Crippen molar-refractivity contribution in [2.24, 2.45) is 4.99 Å². The molecule has 0 bridgehead atoms. The largest absolute Gasteiger partial charge is 0.497 e. The first kappa shape index (κ1) is 31.0. The van der Waals surface area contributed by atoms with E-state index in [-0.39, 0.29) is 23.5 Å². The Hall–Kier alpha value is -4.48. The molecule has 0 amide bonds. The highest BCUT2D eigenvalue weighted by Gasteiger charge is 2.35. The monoisotopic (exact) mass is 676 g/mol. The molecule has 0 fully saturated rings. The molecule has 44 heavy (non-hydrogen) atoms. The minimum absolute atomic E-state index is 0.153. The van der Waals surface area contributed by atoms with Crippen LogP contribution in [0.1, 0.15) is 43.5 Å². The van der Waals surface area contributed by atoms with Crippen molar-refractivity contribution in [1.82, 2.24) is 4.57 Å². The summed E-state index contributed by atoms with van der Waals surface area (Å²) >= 11 is 4.67. The summed E-state index contributed by atoms with van der Waals surface area (Å²) in [5.74, 6) is 0.122. The molecule has 5 rings (SSSR count). The van der Waals surface area contributed by atoms with Crippen LogP contribution in [0.3, 0.4) is 0 Å². The van der Waals surface area contributed by atoms with Crippen molar-refractivity contribution in [3.63, 3.8) is 0 Å². The van der Waals surface area contributed by atoms with Gasteiger partial charge in [-0.25, -0.2) is 9.79 Å². The average Bonchev–Trinajstić information content (AvgIpc) is 3.32. The Labute approximate surface area is 265 Å². The zero-order valence-electron chi connectivity index (χ0n) is 24.5. The number of fused-ring (bicyclic) bond motifs is 1. The number of carbonyl (C=O) groups is 2. The van der Waals surface area contributed by atoms with Crippen LogP contribution in [-0.2, 0) is 14.3 Å². The molecule has 2 heterocycles. The van der Waals surface area contributed by atoms with Gasteiger partial charge in [0.2, 0.25) is 0 Å². The van der Waals surface area contributed by atoms with Gasteiger partial charge in [-0.3, -0.25) is 14.2 Å². The Kier molecular flexibility index (Phi) is 9.46. The number of hydrogen-bond donors (Lipinski definition) is 0. The number of nitrogens with zero attached hydrogens (tertiary/aromatic N) is 2. The van der Waals surface area contributed by atoms with Crippen LogP contribution in [0.15, 0.2) is 86.6 Å². The van der Waals surface area contributed by atoms with Crippen molar-refractivity contribution in [2.75, 3.05) is 20.3 Å². The minimum Gasteiger partial charge on any atom is -0.497 e. The summed E-state index contributed by atoms with van der Waals surface area (Å²) < 4.78 is 24.5. The second-order valence-corrected chi connectivity index (χ2v) is 11.4. The molecule has 0 spiro atoms. The summed E-state index contributed by atoms with van der Waals surface area (Å²) in [4.78, 5) is 44.8. The van der Waals surface area contributed by atoms with E-state index < -0.39 is 18.0 Å². The van der Waals surface area contributed by atoms with Gasteiger partial charge in [0.25, 0.3) is 5.56 Å². The first-order valence-electron chi connectivity index (χ1n) is 13.8. The Morgan fingerprint density at radius 3 is 2.50 bits per heavy atom. The minimum atomic E-state index is -0.838. The number of methoxy groups -OCH3 is 1. The highest BCUT2D eigenvalue weighted by molar-refractivity contribution is 9.10. The Morgan fingerprint density at radius 2 is 1.82 bits per heavy atom. The zero-order chi connectivity index (χ0) is 31.4. The van der Waals surface area contributed by atoms with Crippen LogP contribution in [0, 0.1) is 0 Å². The van der Waals surface area contributed by atoms with E-state index in [1.807, 2.05) is 49.4 Å². The third-order valence-electron chi connectivity index (χ3n) is 6.66. The molecule has 0 saturated carbocycles. The van der Waals surface area contributed by atoms with Crippen molar-refractivity contribution in [1.29, 1.82) is 0 Å². The Balaban J connectivity index is 1.79. The maximum atomic E-state index is 14.2. The standard InChI is InChI=1S/C33H29BrN2O7S/c1-5-41-25-16-20(15-24(34)30(25)43-19(3)37)17-26-31(38)36-29(22-13-10-14-23(18-22)40-4)27(32(39)42-6-2)28(35-33(36)44-26)21-11-8-7-9-12-21/h7-18,29H,5-6H2,1-4H3/b26-17-/t29-/m0/s1. The maximum Gasteiger partial charge on any atom is 0.338 e. The summed E-state index contributed by atoms with van der Waals surface area (Å²) in [6, 6.07) is 19.2. The predicted molar refractivity (Wildman–Crippen MR) is 171 cm³/mol. The van der Waals surface area contributed by atoms with Crippen molar-refractivity contribution < 1.29 is 28.5 Å². The van der Waals surface area contributed by atoms with E-state index in [0.717, 1.165) is 0 Å². The molecule has 3 aromatic carbocycles. The first-order valence-corrected chi connectivity index (χ1v) is 15.4. The molecule has 9 nitrogen and oxygen atoms in total. The highest BCUT2D eigenvalue weighted by Crippen LogP contribution is 2.38. The van der Waals surface area contributed by atoms with E-state index in [2.05, 4.69) is 15.9 Å². The number of rotatable bonds is 9. The van der Waals surface area contributed by atoms with Crippen LogP contribution in [0.5, 0.6) is 17.2 Å². The molecular weight excluding hydrogens is 648 g/mol. The van der Waals surface area contributed by atoms with Crippen LogP contribution >= 0.6 is 27.3 Å². The fraction of sp³-hybridized carbons (Fsp3) is 0.212. The molecule has 11 heteroatoms. The van der Waals surface area contributed by atoms with Crippen molar-refractivity contribution in [3.05, 3.63) is 113 Å². The van der Waals surface area contributed by atoms with Crippen LogP contribution in [0.4, 0.5) is 0 Å². The van der Waals surface area contributed by atoms with Crippen LogP contribution < -0.4 is 29.1 Å². The third kappa shape index (κ3) is 6.24. The van der Waals surface area contributed by atoms with E-state index in [0.29, 0.717) is 54.3 Å². The van der Waals surface area contributed by atoms with Gasteiger partial charge in [-0.1, -0.05) is 53.8 Å². The van der Waals surface area contributed by atoms with E-state index in [4.69, 9.17) is 23.9 Å². The number of aromatic nitrogens is 1. The Bertz CT molecular complexity index is 1950. The van der Waals surface area contributed by atoms with E-state index in [9.17, 15) is 14.4 Å². The number of benzene rings is 3. The number of ether oxygens (including phenoxy) is 4. The SMILES string of the molecule is CCOC(=O)C1=C(c2ccccc2)N=c2s/c(=C\c3cc(Br)c(OC(C)=O)c(OCC)c3)c(=O)n2[C@H]1c1cccc(OC)c1. The van der Waals surface area contributed by atoms with Gasteiger partial charge < -0.3 is 18.9 Å². The fourth-order valence-electron chi connectivity index (χ4n) is 4.90. The molecular formula is C33H29BrN2O7S. The highest BCUT2D eigenvalue weighted by atomic mass is 79.9. The molecule has 4 aromatic rings. The number of carbonyl (C=O) groups excluding carboxylic acids is 2. The van der Waals surface area contributed by atoms with Crippen molar-refractivity contribution in [2.45, 2.75) is 26.8 Å². The number of halogens is 1. The van der Waals surface area contributed by atoms with E-state index >= 15 is 0 Å². The molecule has 1 aliphatic heterocycles. The molecule has 0 N–H and O–H groups in total.